The van der Waals surface area contributed by atoms with Crippen molar-refractivity contribution >= 4 is 0 Å². The molecule has 2 saturated carbocycles. The second-order valence-corrected chi connectivity index (χ2v) is 9.34. The molecule has 2 aliphatic rings. The van der Waals surface area contributed by atoms with E-state index in [0.717, 1.165) is 35.5 Å². The summed E-state index contributed by atoms with van der Waals surface area (Å²) >= 11 is 0. The van der Waals surface area contributed by atoms with Gasteiger partial charge in [0.25, 0.3) is 0 Å². The SMILES string of the molecule is CC(C)C1CCC(C(C)C)(C2CCCC(C(C)C)C2)CC1. The van der Waals surface area contributed by atoms with Crippen LogP contribution >= 0.6 is 0 Å². The highest BCUT2D eigenvalue weighted by molar-refractivity contribution is 4.95. The third-order valence-corrected chi connectivity index (χ3v) is 7.52. The average Bonchev–Trinajstić information content (AvgIpc) is 2.47. The van der Waals surface area contributed by atoms with Crippen molar-refractivity contribution < 1.29 is 0 Å². The van der Waals surface area contributed by atoms with Gasteiger partial charge in [0.05, 0.1) is 0 Å². The monoisotopic (exact) mass is 292 g/mol. The van der Waals surface area contributed by atoms with Crippen LogP contribution in [-0.2, 0) is 0 Å². The summed E-state index contributed by atoms with van der Waals surface area (Å²) in [6, 6.07) is 0. The average molecular weight is 293 g/mol. The van der Waals surface area contributed by atoms with E-state index in [4.69, 9.17) is 0 Å². The zero-order chi connectivity index (χ0) is 15.6. The number of hydrogen-bond donors (Lipinski definition) is 0. The molecular formula is C21H40. The van der Waals surface area contributed by atoms with Gasteiger partial charge in [-0.1, -0.05) is 54.4 Å². The number of hydrogen-bond acceptors (Lipinski definition) is 0. The first-order valence-electron chi connectivity index (χ1n) is 9.86. The van der Waals surface area contributed by atoms with E-state index in [1.165, 1.54) is 51.4 Å². The molecule has 2 aliphatic carbocycles. The van der Waals surface area contributed by atoms with Crippen LogP contribution in [0.15, 0.2) is 0 Å². The molecule has 0 aromatic rings. The van der Waals surface area contributed by atoms with Crippen molar-refractivity contribution in [2.45, 2.75) is 92.9 Å². The smallest absolute Gasteiger partial charge is 0.0246 e. The Morgan fingerprint density at radius 3 is 1.76 bits per heavy atom. The van der Waals surface area contributed by atoms with Crippen LogP contribution < -0.4 is 0 Å². The minimum atomic E-state index is 0.680. The van der Waals surface area contributed by atoms with Crippen molar-refractivity contribution in [2.75, 3.05) is 0 Å². The summed E-state index contributed by atoms with van der Waals surface area (Å²) in [5.74, 6) is 5.69. The predicted octanol–water partition coefficient (Wildman–Crippen LogP) is 6.94. The van der Waals surface area contributed by atoms with Crippen molar-refractivity contribution in [3.05, 3.63) is 0 Å². The Bertz CT molecular complexity index is 304. The van der Waals surface area contributed by atoms with Gasteiger partial charge in [-0.2, -0.15) is 0 Å². The van der Waals surface area contributed by atoms with Gasteiger partial charge in [0.15, 0.2) is 0 Å². The molecule has 0 heteroatoms. The lowest BCUT2D eigenvalue weighted by Gasteiger charge is -2.52. The minimum absolute atomic E-state index is 0.680. The van der Waals surface area contributed by atoms with Crippen LogP contribution in [0.4, 0.5) is 0 Å². The molecule has 0 saturated heterocycles. The zero-order valence-corrected chi connectivity index (χ0v) is 15.6. The largest absolute Gasteiger partial charge is 0.0625 e. The van der Waals surface area contributed by atoms with E-state index in [-0.39, 0.29) is 0 Å². The van der Waals surface area contributed by atoms with Crippen LogP contribution in [0.3, 0.4) is 0 Å². The Kier molecular flexibility index (Phi) is 5.83. The van der Waals surface area contributed by atoms with Crippen LogP contribution in [0.5, 0.6) is 0 Å². The molecule has 21 heavy (non-hydrogen) atoms. The van der Waals surface area contributed by atoms with Crippen molar-refractivity contribution in [2.24, 2.45) is 40.9 Å². The van der Waals surface area contributed by atoms with E-state index in [0.29, 0.717) is 5.41 Å². The second kappa shape index (κ2) is 7.05. The fraction of sp³-hybridized carbons (Fsp3) is 1.00. The maximum absolute atomic E-state index is 2.52. The molecule has 2 atom stereocenters. The standard InChI is InChI=1S/C21H40/c1-15(2)18-10-12-21(13-11-18,17(5)6)20-9-7-8-19(14-20)16(3)4/h15-20H,7-14H2,1-6H3. The summed E-state index contributed by atoms with van der Waals surface area (Å²) in [7, 11) is 0. The van der Waals surface area contributed by atoms with Gasteiger partial charge in [-0.05, 0) is 79.4 Å². The van der Waals surface area contributed by atoms with E-state index in [9.17, 15) is 0 Å². The van der Waals surface area contributed by atoms with E-state index >= 15 is 0 Å². The van der Waals surface area contributed by atoms with Crippen molar-refractivity contribution in [1.82, 2.24) is 0 Å². The minimum Gasteiger partial charge on any atom is -0.0625 e. The maximum atomic E-state index is 2.52. The topological polar surface area (TPSA) is 0 Å². The summed E-state index contributed by atoms with van der Waals surface area (Å²) in [6.45, 7) is 14.8. The predicted molar refractivity (Wildman–Crippen MR) is 94.4 cm³/mol. The molecule has 0 aliphatic heterocycles. The Hall–Kier alpha value is 0. The van der Waals surface area contributed by atoms with E-state index in [1.807, 2.05) is 0 Å². The normalized spacial score (nSPS) is 38.4. The van der Waals surface area contributed by atoms with Crippen LogP contribution in [0.25, 0.3) is 0 Å². The lowest BCUT2D eigenvalue weighted by Crippen LogP contribution is -2.42. The van der Waals surface area contributed by atoms with Gasteiger partial charge in [0, 0.05) is 0 Å². The molecule has 0 spiro atoms. The molecule has 2 unspecified atom stereocenters. The van der Waals surface area contributed by atoms with Gasteiger partial charge in [-0.25, -0.2) is 0 Å². The lowest BCUT2D eigenvalue weighted by molar-refractivity contribution is -0.0179. The molecule has 0 bridgehead atoms. The van der Waals surface area contributed by atoms with Gasteiger partial charge in [-0.3, -0.25) is 0 Å². The molecular weight excluding hydrogens is 252 g/mol. The summed E-state index contributed by atoms with van der Waals surface area (Å²) < 4.78 is 0. The Balaban J connectivity index is 2.08. The lowest BCUT2D eigenvalue weighted by atomic mass is 9.53. The van der Waals surface area contributed by atoms with E-state index in [1.54, 1.807) is 0 Å². The molecule has 0 aromatic heterocycles. The van der Waals surface area contributed by atoms with Gasteiger partial charge >= 0.3 is 0 Å². The quantitative estimate of drug-likeness (QED) is 0.526. The summed E-state index contributed by atoms with van der Waals surface area (Å²) in [5.41, 5.74) is 0.680. The van der Waals surface area contributed by atoms with Gasteiger partial charge < -0.3 is 0 Å². The Morgan fingerprint density at radius 1 is 0.714 bits per heavy atom. The highest BCUT2D eigenvalue weighted by Crippen LogP contribution is 2.55. The molecule has 2 rings (SSSR count). The van der Waals surface area contributed by atoms with Crippen molar-refractivity contribution in [3.8, 4) is 0 Å². The van der Waals surface area contributed by atoms with Crippen LogP contribution in [0.1, 0.15) is 92.9 Å². The second-order valence-electron chi connectivity index (χ2n) is 9.34. The molecule has 0 amide bonds. The first kappa shape index (κ1) is 17.4. The highest BCUT2D eigenvalue weighted by atomic mass is 14.5. The molecule has 0 heterocycles. The third kappa shape index (κ3) is 3.67. The highest BCUT2D eigenvalue weighted by Gasteiger charge is 2.45. The fourth-order valence-electron chi connectivity index (χ4n) is 5.66. The zero-order valence-electron chi connectivity index (χ0n) is 15.6. The van der Waals surface area contributed by atoms with Crippen LogP contribution in [0, 0.1) is 40.9 Å². The first-order chi connectivity index (χ1) is 9.86. The summed E-state index contributed by atoms with van der Waals surface area (Å²) in [5, 5.41) is 0. The van der Waals surface area contributed by atoms with E-state index in [2.05, 4.69) is 41.5 Å². The molecule has 0 nitrogen and oxygen atoms in total. The Labute approximate surface area is 134 Å². The molecule has 124 valence electrons. The molecule has 2 fully saturated rings. The van der Waals surface area contributed by atoms with Gasteiger partial charge in [0.1, 0.15) is 0 Å². The van der Waals surface area contributed by atoms with Crippen molar-refractivity contribution in [3.63, 3.8) is 0 Å². The van der Waals surface area contributed by atoms with Gasteiger partial charge in [0.2, 0.25) is 0 Å². The molecule has 0 N–H and O–H groups in total. The fourth-order valence-corrected chi connectivity index (χ4v) is 5.66. The Morgan fingerprint density at radius 2 is 1.29 bits per heavy atom. The first-order valence-corrected chi connectivity index (χ1v) is 9.86. The van der Waals surface area contributed by atoms with Crippen LogP contribution in [-0.4, -0.2) is 0 Å². The summed E-state index contributed by atoms with van der Waals surface area (Å²) in [4.78, 5) is 0. The maximum Gasteiger partial charge on any atom is -0.0246 e. The summed E-state index contributed by atoms with van der Waals surface area (Å²) in [6.07, 6.45) is 12.1. The van der Waals surface area contributed by atoms with Crippen molar-refractivity contribution in [1.29, 1.82) is 0 Å². The van der Waals surface area contributed by atoms with Gasteiger partial charge in [-0.15, -0.1) is 0 Å². The third-order valence-electron chi connectivity index (χ3n) is 7.52. The number of rotatable bonds is 4. The molecule has 0 aromatic carbocycles. The van der Waals surface area contributed by atoms with Crippen LogP contribution in [0.2, 0.25) is 0 Å². The molecule has 0 radical (unpaired) electrons. The van der Waals surface area contributed by atoms with E-state index < -0.39 is 0 Å².